The van der Waals surface area contributed by atoms with Crippen molar-refractivity contribution in [2.45, 2.75) is 31.1 Å². The van der Waals surface area contributed by atoms with Gasteiger partial charge in [-0.25, -0.2) is 8.78 Å². The Morgan fingerprint density at radius 2 is 1.60 bits per heavy atom. The Morgan fingerprint density at radius 3 is 2.11 bits per heavy atom. The maximum atomic E-state index is 13.7. The molecule has 1 unspecified atom stereocenters. The minimum absolute atomic E-state index is 0.0555. The highest BCUT2D eigenvalue weighted by Gasteiger charge is 2.39. The molecule has 2 aromatic rings. The number of alkyl halides is 6. The smallest absolute Gasteiger partial charge is 0.347 e. The molecule has 0 radical (unpaired) electrons. The van der Waals surface area contributed by atoms with Crippen molar-refractivity contribution < 1.29 is 44.7 Å². The topological polar surface area (TPSA) is 46.2 Å². The molecular formula is C22H15BrClF8NO2. The van der Waals surface area contributed by atoms with Crippen molar-refractivity contribution in [1.29, 1.82) is 0 Å². The monoisotopic (exact) mass is 591 g/mol. The van der Waals surface area contributed by atoms with Crippen LogP contribution in [-0.2, 0) is 4.79 Å². The summed E-state index contributed by atoms with van der Waals surface area (Å²) in [7, 11) is 0. The van der Waals surface area contributed by atoms with E-state index in [-0.39, 0.29) is 15.6 Å². The number of nitrogens with one attached hydrogen (secondary N) is 1. The van der Waals surface area contributed by atoms with E-state index >= 15 is 0 Å². The van der Waals surface area contributed by atoms with Gasteiger partial charge in [-0.1, -0.05) is 45.7 Å². The van der Waals surface area contributed by atoms with Gasteiger partial charge >= 0.3 is 12.4 Å². The van der Waals surface area contributed by atoms with Gasteiger partial charge in [0.1, 0.15) is 23.2 Å². The first-order valence-electron chi connectivity index (χ1n) is 9.64. The average molecular weight is 593 g/mol. The summed E-state index contributed by atoms with van der Waals surface area (Å²) in [6.07, 6.45) is -8.66. The zero-order chi connectivity index (χ0) is 26.6. The van der Waals surface area contributed by atoms with E-state index in [9.17, 15) is 44.7 Å². The largest absolute Gasteiger partial charge is 0.405 e. The summed E-state index contributed by atoms with van der Waals surface area (Å²) < 4.78 is 104. The van der Waals surface area contributed by atoms with Crippen LogP contribution in [0.4, 0.5) is 35.1 Å². The van der Waals surface area contributed by atoms with Crippen LogP contribution >= 0.6 is 27.5 Å². The van der Waals surface area contributed by atoms with Crippen molar-refractivity contribution in [2.24, 2.45) is 0 Å². The molecule has 0 aromatic heterocycles. The summed E-state index contributed by atoms with van der Waals surface area (Å²) in [5.41, 5.74) is -0.455. The van der Waals surface area contributed by atoms with E-state index in [2.05, 4.69) is 15.9 Å². The van der Waals surface area contributed by atoms with Gasteiger partial charge in [-0.3, -0.25) is 9.59 Å². The maximum absolute atomic E-state index is 13.7. The summed E-state index contributed by atoms with van der Waals surface area (Å²) in [6, 6.07) is 4.80. The highest BCUT2D eigenvalue weighted by atomic mass is 79.9. The number of ketones is 1. The molecule has 13 heteroatoms. The predicted molar refractivity (Wildman–Crippen MR) is 116 cm³/mol. The summed E-state index contributed by atoms with van der Waals surface area (Å²) in [6.45, 7) is -1.53. The number of benzene rings is 2. The molecule has 2 rings (SSSR count). The van der Waals surface area contributed by atoms with Crippen LogP contribution in [0, 0.1) is 11.6 Å². The number of carbonyl (C=O) groups is 2. The lowest BCUT2D eigenvalue weighted by molar-refractivity contribution is -0.139. The van der Waals surface area contributed by atoms with Gasteiger partial charge in [0.05, 0.1) is 5.92 Å². The van der Waals surface area contributed by atoms with Crippen molar-refractivity contribution in [1.82, 2.24) is 5.32 Å². The third kappa shape index (κ3) is 8.60. The summed E-state index contributed by atoms with van der Waals surface area (Å²) in [5.74, 6) is -6.61. The number of rotatable bonds is 8. The third-order valence-corrected chi connectivity index (χ3v) is 5.57. The van der Waals surface area contributed by atoms with Gasteiger partial charge in [0.15, 0.2) is 5.78 Å². The molecule has 1 atom stereocenters. The fourth-order valence-electron chi connectivity index (χ4n) is 2.88. The van der Waals surface area contributed by atoms with Crippen LogP contribution in [0.1, 0.15) is 40.2 Å². The predicted octanol–water partition coefficient (Wildman–Crippen LogP) is 7.38. The van der Waals surface area contributed by atoms with Crippen LogP contribution in [0.2, 0.25) is 5.02 Å². The SMILES string of the molecule is O=C(CCC(=O)c1ccc(/C=C/C(c2cc(F)c(Cl)c(F)c2)C(F)(F)F)cc1Br)NCC(F)(F)F. The Labute approximate surface area is 207 Å². The van der Waals surface area contributed by atoms with E-state index in [0.717, 1.165) is 6.08 Å². The first kappa shape index (κ1) is 28.8. The molecule has 0 fully saturated rings. The van der Waals surface area contributed by atoms with Gasteiger partial charge in [0, 0.05) is 22.9 Å². The van der Waals surface area contributed by atoms with E-state index < -0.39 is 71.6 Å². The maximum Gasteiger partial charge on any atom is 0.405 e. The molecule has 0 saturated carbocycles. The lowest BCUT2D eigenvalue weighted by Crippen LogP contribution is -2.33. The van der Waals surface area contributed by atoms with Crippen molar-refractivity contribution in [3.05, 3.63) is 74.2 Å². The lowest BCUT2D eigenvalue weighted by Gasteiger charge is -2.18. The highest BCUT2D eigenvalue weighted by molar-refractivity contribution is 9.10. The van der Waals surface area contributed by atoms with Crippen molar-refractivity contribution in [3.8, 4) is 0 Å². The minimum atomic E-state index is -4.89. The number of hydrogen-bond acceptors (Lipinski definition) is 2. The fourth-order valence-corrected chi connectivity index (χ4v) is 3.61. The van der Waals surface area contributed by atoms with Gasteiger partial charge in [-0.05, 0) is 35.4 Å². The first-order chi connectivity index (χ1) is 16.1. The molecule has 0 saturated heterocycles. The molecule has 1 amide bonds. The number of allylic oxidation sites excluding steroid dienone is 1. The molecule has 0 heterocycles. The van der Waals surface area contributed by atoms with Crippen LogP contribution < -0.4 is 5.32 Å². The summed E-state index contributed by atoms with van der Waals surface area (Å²) in [4.78, 5) is 23.7. The molecular weight excluding hydrogens is 578 g/mol. The molecule has 190 valence electrons. The Balaban J connectivity index is 2.15. The second-order valence-electron chi connectivity index (χ2n) is 7.23. The Kier molecular flexibility index (Phi) is 9.46. The van der Waals surface area contributed by atoms with Crippen molar-refractivity contribution in [3.63, 3.8) is 0 Å². The van der Waals surface area contributed by atoms with Crippen molar-refractivity contribution >= 4 is 45.3 Å². The second kappa shape index (κ2) is 11.5. The molecule has 2 aromatic carbocycles. The lowest BCUT2D eigenvalue weighted by atomic mass is 9.96. The van der Waals surface area contributed by atoms with Crippen molar-refractivity contribution in [2.75, 3.05) is 6.54 Å². The molecule has 3 nitrogen and oxygen atoms in total. The van der Waals surface area contributed by atoms with Gasteiger partial charge < -0.3 is 5.32 Å². The van der Waals surface area contributed by atoms with Gasteiger partial charge in [-0.15, -0.1) is 0 Å². The number of hydrogen-bond donors (Lipinski definition) is 1. The van der Waals surface area contributed by atoms with E-state index in [1.165, 1.54) is 18.2 Å². The van der Waals surface area contributed by atoms with Crippen LogP contribution in [0.3, 0.4) is 0 Å². The standard InChI is InChI=1S/C22H15BrClF8NO2/c23-15-7-11(1-3-13(15)18(34)5-6-19(35)33-10-21(27,28)29)2-4-14(22(30,31)32)12-8-16(25)20(24)17(26)9-12/h1-4,7-9,14H,5-6,10H2,(H,33,35)/b4-2+. The van der Waals surface area contributed by atoms with Crippen LogP contribution in [-0.4, -0.2) is 30.6 Å². The number of halogens is 10. The molecule has 0 aliphatic carbocycles. The van der Waals surface area contributed by atoms with E-state index in [1.54, 1.807) is 5.32 Å². The minimum Gasteiger partial charge on any atom is -0.347 e. The third-order valence-electron chi connectivity index (χ3n) is 4.56. The molecule has 0 aliphatic heterocycles. The molecule has 0 bridgehead atoms. The molecule has 35 heavy (non-hydrogen) atoms. The van der Waals surface area contributed by atoms with Gasteiger partial charge in [-0.2, -0.15) is 26.3 Å². The summed E-state index contributed by atoms with van der Waals surface area (Å²) in [5, 5.41) is 0.703. The fraction of sp³-hybridized carbons (Fsp3) is 0.273. The molecule has 0 aliphatic rings. The Morgan fingerprint density at radius 1 is 1.00 bits per heavy atom. The highest BCUT2D eigenvalue weighted by Crippen LogP contribution is 2.38. The van der Waals surface area contributed by atoms with Crippen LogP contribution in [0.5, 0.6) is 0 Å². The van der Waals surface area contributed by atoms with Crippen LogP contribution in [0.25, 0.3) is 6.08 Å². The zero-order valence-corrected chi connectivity index (χ0v) is 19.7. The second-order valence-corrected chi connectivity index (χ2v) is 8.46. The Hall–Kier alpha value is -2.47. The molecule has 0 spiro atoms. The number of amides is 1. The Bertz CT molecular complexity index is 1110. The number of Topliss-reactive ketones (excluding diaryl/α,β-unsaturated/α-hetero) is 1. The normalized spacial score (nSPS) is 13.2. The first-order valence-corrected chi connectivity index (χ1v) is 10.8. The van der Waals surface area contributed by atoms with E-state index in [4.69, 9.17) is 11.6 Å². The quantitative estimate of drug-likeness (QED) is 0.198. The zero-order valence-electron chi connectivity index (χ0n) is 17.3. The molecule has 1 N–H and O–H groups in total. The summed E-state index contributed by atoms with van der Waals surface area (Å²) >= 11 is 8.41. The van der Waals surface area contributed by atoms with E-state index in [1.807, 2.05) is 0 Å². The number of carbonyl (C=O) groups excluding carboxylic acids is 2. The van der Waals surface area contributed by atoms with Gasteiger partial charge in [0.2, 0.25) is 5.91 Å². The van der Waals surface area contributed by atoms with E-state index in [0.29, 0.717) is 18.2 Å². The van der Waals surface area contributed by atoms with Crippen LogP contribution in [0.15, 0.2) is 40.9 Å². The average Bonchev–Trinajstić information content (AvgIpc) is 2.73. The van der Waals surface area contributed by atoms with Gasteiger partial charge in [0.25, 0.3) is 0 Å².